The number of carbonyl (C=O) groups excluding carboxylic acids is 2. The summed E-state index contributed by atoms with van der Waals surface area (Å²) in [5, 5.41) is 2.20. The summed E-state index contributed by atoms with van der Waals surface area (Å²) in [5.74, 6) is 0.221. The van der Waals surface area contributed by atoms with E-state index >= 15 is 0 Å². The lowest BCUT2D eigenvalue weighted by molar-refractivity contribution is 0.0968. The Kier molecular flexibility index (Phi) is 7.51. The Labute approximate surface area is 185 Å². The molecule has 0 aliphatic carbocycles. The molecule has 3 heterocycles. The van der Waals surface area contributed by atoms with E-state index in [2.05, 4.69) is 5.32 Å². The number of primary amides is 1. The van der Waals surface area contributed by atoms with Crippen molar-refractivity contribution in [2.24, 2.45) is 5.73 Å². The minimum atomic E-state index is -3.96. The second kappa shape index (κ2) is 9.77. The molecule has 174 valence electrons. The van der Waals surface area contributed by atoms with Gasteiger partial charge in [-0.15, -0.1) is 0 Å². The lowest BCUT2D eigenvalue weighted by Crippen LogP contribution is -2.53. The SMILES string of the molecule is NC(=O)c1ccc(S(=O)(=O)N2CCN(C(=O)NCCS(=O)(=O)N3CCSCC3)CC2)o1. The normalized spacial score (nSPS) is 19.3. The smallest absolute Gasteiger partial charge is 0.317 e. The molecular weight excluding hydrogens is 470 g/mol. The van der Waals surface area contributed by atoms with Crippen LogP contribution in [-0.2, 0) is 20.0 Å². The first-order valence-electron chi connectivity index (χ1n) is 9.59. The summed E-state index contributed by atoms with van der Waals surface area (Å²) in [6, 6.07) is 1.90. The number of nitrogens with two attached hydrogens (primary N) is 1. The highest BCUT2D eigenvalue weighted by atomic mass is 32.2. The molecule has 3 rings (SSSR count). The number of urea groups is 1. The number of carbonyl (C=O) groups is 2. The number of rotatable bonds is 7. The predicted octanol–water partition coefficient (Wildman–Crippen LogP) is -1.23. The molecule has 2 saturated heterocycles. The van der Waals surface area contributed by atoms with Crippen molar-refractivity contribution in [3.63, 3.8) is 0 Å². The van der Waals surface area contributed by atoms with E-state index in [9.17, 15) is 26.4 Å². The van der Waals surface area contributed by atoms with Crippen molar-refractivity contribution >= 4 is 43.7 Å². The Bertz CT molecular complexity index is 1010. The number of nitrogens with zero attached hydrogens (tertiary/aromatic N) is 3. The van der Waals surface area contributed by atoms with Crippen molar-refractivity contribution in [3.8, 4) is 0 Å². The highest BCUT2D eigenvalue weighted by molar-refractivity contribution is 7.99. The summed E-state index contributed by atoms with van der Waals surface area (Å²) in [7, 11) is -7.38. The number of furan rings is 1. The van der Waals surface area contributed by atoms with Crippen LogP contribution in [0.1, 0.15) is 10.6 Å². The molecule has 2 aliphatic heterocycles. The number of thioether (sulfide) groups is 1. The van der Waals surface area contributed by atoms with E-state index in [0.717, 1.165) is 21.9 Å². The van der Waals surface area contributed by atoms with Crippen LogP contribution in [0.5, 0.6) is 0 Å². The third-order valence-electron chi connectivity index (χ3n) is 4.94. The van der Waals surface area contributed by atoms with Gasteiger partial charge in [-0.05, 0) is 12.1 Å². The number of amides is 3. The fraction of sp³-hybridized carbons (Fsp3) is 0.625. The minimum Gasteiger partial charge on any atom is -0.438 e. The maximum Gasteiger partial charge on any atom is 0.317 e. The van der Waals surface area contributed by atoms with Gasteiger partial charge in [-0.2, -0.15) is 16.1 Å². The summed E-state index contributed by atoms with van der Waals surface area (Å²) in [5.41, 5.74) is 5.08. The van der Waals surface area contributed by atoms with Crippen molar-refractivity contribution in [1.29, 1.82) is 0 Å². The molecule has 3 amide bonds. The molecule has 2 aliphatic rings. The molecule has 3 N–H and O–H groups in total. The minimum absolute atomic E-state index is 0.0222. The van der Waals surface area contributed by atoms with E-state index in [-0.39, 0.29) is 49.3 Å². The zero-order valence-electron chi connectivity index (χ0n) is 16.7. The van der Waals surface area contributed by atoms with E-state index < -0.39 is 32.0 Å². The molecule has 15 heteroatoms. The molecule has 0 saturated carbocycles. The molecule has 0 aromatic carbocycles. The Balaban J connectivity index is 1.47. The van der Waals surface area contributed by atoms with Gasteiger partial charge in [-0.25, -0.2) is 25.9 Å². The predicted molar refractivity (Wildman–Crippen MR) is 114 cm³/mol. The van der Waals surface area contributed by atoms with Crippen LogP contribution < -0.4 is 11.1 Å². The first-order chi connectivity index (χ1) is 14.6. The van der Waals surface area contributed by atoms with Gasteiger partial charge in [-0.1, -0.05) is 0 Å². The molecule has 0 spiro atoms. The van der Waals surface area contributed by atoms with Crippen LogP contribution in [0, 0.1) is 0 Å². The van der Waals surface area contributed by atoms with Crippen LogP contribution in [0.2, 0.25) is 0 Å². The largest absolute Gasteiger partial charge is 0.438 e. The topological polar surface area (TPSA) is 163 Å². The lowest BCUT2D eigenvalue weighted by atomic mass is 10.4. The molecule has 0 radical (unpaired) electrons. The van der Waals surface area contributed by atoms with Crippen LogP contribution in [0.25, 0.3) is 0 Å². The van der Waals surface area contributed by atoms with E-state index in [0.29, 0.717) is 13.1 Å². The summed E-state index contributed by atoms with van der Waals surface area (Å²) in [4.78, 5) is 24.9. The van der Waals surface area contributed by atoms with Crippen LogP contribution in [0.3, 0.4) is 0 Å². The van der Waals surface area contributed by atoms with Crippen molar-refractivity contribution < 1.29 is 30.8 Å². The van der Waals surface area contributed by atoms with Crippen LogP contribution in [-0.4, -0.2) is 105 Å². The fourth-order valence-electron chi connectivity index (χ4n) is 3.20. The number of hydrogen-bond acceptors (Lipinski definition) is 8. The molecule has 2 fully saturated rings. The molecule has 1 aromatic rings. The van der Waals surface area contributed by atoms with Gasteiger partial charge in [0.25, 0.3) is 15.9 Å². The quantitative estimate of drug-likeness (QED) is 0.475. The van der Waals surface area contributed by atoms with Gasteiger partial charge in [0.05, 0.1) is 5.75 Å². The number of sulfonamides is 2. The van der Waals surface area contributed by atoms with Crippen molar-refractivity contribution in [2.45, 2.75) is 5.09 Å². The maximum absolute atomic E-state index is 12.6. The summed E-state index contributed by atoms with van der Waals surface area (Å²) in [6.45, 7) is 1.26. The molecule has 12 nitrogen and oxygen atoms in total. The first-order valence-corrected chi connectivity index (χ1v) is 13.8. The zero-order chi connectivity index (χ0) is 22.6. The first kappa shape index (κ1) is 23.8. The molecule has 31 heavy (non-hydrogen) atoms. The number of hydrogen-bond donors (Lipinski definition) is 2. The average Bonchev–Trinajstić information content (AvgIpc) is 3.26. The molecule has 0 unspecified atom stereocenters. The highest BCUT2D eigenvalue weighted by Crippen LogP contribution is 2.20. The third kappa shape index (κ3) is 5.71. The number of nitrogens with one attached hydrogen (secondary N) is 1. The van der Waals surface area contributed by atoms with Crippen molar-refractivity contribution in [2.75, 3.05) is 63.1 Å². The number of piperazine rings is 1. The van der Waals surface area contributed by atoms with E-state index in [1.165, 1.54) is 15.3 Å². The van der Waals surface area contributed by atoms with Gasteiger partial charge < -0.3 is 20.4 Å². The molecule has 0 bridgehead atoms. The average molecular weight is 496 g/mol. The fourth-order valence-corrected chi connectivity index (χ4v) is 7.03. The molecule has 0 atom stereocenters. The Morgan fingerprint density at radius 3 is 2.23 bits per heavy atom. The maximum atomic E-state index is 12.6. The van der Waals surface area contributed by atoms with E-state index in [1.54, 1.807) is 11.8 Å². The van der Waals surface area contributed by atoms with Gasteiger partial charge in [0.1, 0.15) is 0 Å². The summed E-state index contributed by atoms with van der Waals surface area (Å²) < 4.78 is 57.5. The monoisotopic (exact) mass is 495 g/mol. The Morgan fingerprint density at radius 1 is 1.00 bits per heavy atom. The highest BCUT2D eigenvalue weighted by Gasteiger charge is 2.33. The third-order valence-corrected chi connectivity index (χ3v) is 9.53. The van der Waals surface area contributed by atoms with Gasteiger partial charge in [0, 0.05) is 57.3 Å². The molecule has 1 aromatic heterocycles. The van der Waals surface area contributed by atoms with E-state index in [1.807, 2.05) is 0 Å². The summed E-state index contributed by atoms with van der Waals surface area (Å²) >= 11 is 1.71. The summed E-state index contributed by atoms with van der Waals surface area (Å²) in [6.07, 6.45) is 0. The van der Waals surface area contributed by atoms with Gasteiger partial charge in [-0.3, -0.25) is 4.79 Å². The van der Waals surface area contributed by atoms with E-state index in [4.69, 9.17) is 10.2 Å². The van der Waals surface area contributed by atoms with Crippen LogP contribution in [0.4, 0.5) is 4.79 Å². The van der Waals surface area contributed by atoms with Crippen LogP contribution >= 0.6 is 11.8 Å². The van der Waals surface area contributed by atoms with Crippen LogP contribution in [0.15, 0.2) is 21.6 Å². The van der Waals surface area contributed by atoms with Crippen molar-refractivity contribution in [1.82, 2.24) is 18.8 Å². The standard InChI is InChI=1S/C16H25N5O7S3/c17-15(22)13-1-2-14(28-13)31(26,27)21-6-4-19(5-7-21)16(23)18-3-12-30(24,25)20-8-10-29-11-9-20/h1-2H,3-12H2,(H2,17,22)(H,18,23). The van der Waals surface area contributed by atoms with Gasteiger partial charge in [0.2, 0.25) is 15.1 Å². The second-order valence-corrected chi connectivity index (χ2v) is 12.1. The lowest BCUT2D eigenvalue weighted by Gasteiger charge is -2.33. The van der Waals surface area contributed by atoms with Crippen molar-refractivity contribution in [3.05, 3.63) is 17.9 Å². The van der Waals surface area contributed by atoms with Gasteiger partial charge in [0.15, 0.2) is 5.76 Å². The van der Waals surface area contributed by atoms with Gasteiger partial charge >= 0.3 is 6.03 Å². The Morgan fingerprint density at radius 2 is 1.65 bits per heavy atom. The zero-order valence-corrected chi connectivity index (χ0v) is 19.2. The molecular formula is C16H25N5O7S3. The second-order valence-electron chi connectivity index (χ2n) is 6.93. The Hall–Kier alpha value is -1.81.